The highest BCUT2D eigenvalue weighted by Crippen LogP contribution is 2.18. The van der Waals surface area contributed by atoms with Crippen molar-refractivity contribution < 1.29 is 4.74 Å². The summed E-state index contributed by atoms with van der Waals surface area (Å²) in [5.74, 6) is 1.80. The molecule has 0 bridgehead atoms. The lowest BCUT2D eigenvalue weighted by molar-refractivity contribution is 0.337. The van der Waals surface area contributed by atoms with Gasteiger partial charge in [0.25, 0.3) is 0 Å². The zero-order valence-electron chi connectivity index (χ0n) is 10.2. The smallest absolute Gasteiger partial charge is 0.148 e. The Kier molecular flexibility index (Phi) is 3.65. The molecule has 0 saturated heterocycles. The predicted molar refractivity (Wildman–Crippen MR) is 68.1 cm³/mol. The van der Waals surface area contributed by atoms with Crippen LogP contribution in [0.3, 0.4) is 0 Å². The summed E-state index contributed by atoms with van der Waals surface area (Å²) in [6.07, 6.45) is 1.91. The minimum absolute atomic E-state index is 0.681. The third kappa shape index (κ3) is 3.00. The molecule has 0 amide bonds. The summed E-state index contributed by atoms with van der Waals surface area (Å²) in [5, 5.41) is 7.53. The number of aromatic nitrogens is 2. The van der Waals surface area contributed by atoms with E-state index in [2.05, 4.69) is 16.5 Å². The number of benzene rings is 1. The number of rotatable bonds is 5. The van der Waals surface area contributed by atoms with Gasteiger partial charge in [0, 0.05) is 31.4 Å². The average Bonchev–Trinajstić information content (AvgIpc) is 2.74. The minimum Gasteiger partial charge on any atom is -0.494 e. The van der Waals surface area contributed by atoms with Gasteiger partial charge in [-0.15, -0.1) is 0 Å². The predicted octanol–water partition coefficient (Wildman–Crippen LogP) is 2.43. The Labute approximate surface area is 101 Å². The van der Waals surface area contributed by atoms with Crippen LogP contribution in [0.1, 0.15) is 12.5 Å². The quantitative estimate of drug-likeness (QED) is 0.859. The molecule has 0 spiro atoms. The molecule has 0 fully saturated rings. The van der Waals surface area contributed by atoms with Crippen molar-refractivity contribution in [2.24, 2.45) is 7.05 Å². The summed E-state index contributed by atoms with van der Waals surface area (Å²) < 4.78 is 7.34. The standard InChI is InChI=1S/C13H17N3O/c1-3-17-12-7-5-4-6-11(12)10-14-13-8-9-16(2)15-13/h4-9H,3,10H2,1-2H3,(H,14,15). The largest absolute Gasteiger partial charge is 0.494 e. The maximum atomic E-state index is 5.57. The molecule has 0 radical (unpaired) electrons. The van der Waals surface area contributed by atoms with Gasteiger partial charge in [0.2, 0.25) is 0 Å². The van der Waals surface area contributed by atoms with Crippen LogP contribution in [0.5, 0.6) is 5.75 Å². The van der Waals surface area contributed by atoms with E-state index in [1.807, 2.05) is 44.4 Å². The van der Waals surface area contributed by atoms with Crippen molar-refractivity contribution in [1.82, 2.24) is 9.78 Å². The molecule has 4 nitrogen and oxygen atoms in total. The molecule has 2 rings (SSSR count). The number of nitrogens with zero attached hydrogens (tertiary/aromatic N) is 2. The summed E-state index contributed by atoms with van der Waals surface area (Å²) in [6.45, 7) is 3.39. The van der Waals surface area contributed by atoms with Crippen LogP contribution in [0.15, 0.2) is 36.5 Å². The third-order valence-corrected chi connectivity index (χ3v) is 2.45. The molecule has 0 unspecified atom stereocenters. The van der Waals surface area contributed by atoms with Gasteiger partial charge in [0.15, 0.2) is 0 Å². The van der Waals surface area contributed by atoms with Gasteiger partial charge in [-0.3, -0.25) is 4.68 Å². The van der Waals surface area contributed by atoms with Crippen LogP contribution < -0.4 is 10.1 Å². The molecule has 0 aliphatic carbocycles. The van der Waals surface area contributed by atoms with Crippen LogP contribution in [0.25, 0.3) is 0 Å². The molecule has 90 valence electrons. The summed E-state index contributed by atoms with van der Waals surface area (Å²) in [6, 6.07) is 9.98. The second-order valence-electron chi connectivity index (χ2n) is 3.77. The Balaban J connectivity index is 2.03. The Hall–Kier alpha value is -1.97. The van der Waals surface area contributed by atoms with Crippen molar-refractivity contribution in [2.45, 2.75) is 13.5 Å². The van der Waals surface area contributed by atoms with Gasteiger partial charge in [-0.2, -0.15) is 5.10 Å². The lowest BCUT2D eigenvalue weighted by atomic mass is 10.2. The maximum Gasteiger partial charge on any atom is 0.148 e. The molecule has 17 heavy (non-hydrogen) atoms. The lowest BCUT2D eigenvalue weighted by Gasteiger charge is -2.10. The highest BCUT2D eigenvalue weighted by molar-refractivity contribution is 5.39. The van der Waals surface area contributed by atoms with Gasteiger partial charge >= 0.3 is 0 Å². The minimum atomic E-state index is 0.681. The van der Waals surface area contributed by atoms with Crippen molar-refractivity contribution in [1.29, 1.82) is 0 Å². The van der Waals surface area contributed by atoms with E-state index in [9.17, 15) is 0 Å². The Bertz CT molecular complexity index is 479. The Morgan fingerprint density at radius 1 is 1.29 bits per heavy atom. The van der Waals surface area contributed by atoms with Crippen molar-refractivity contribution in [3.05, 3.63) is 42.1 Å². The van der Waals surface area contributed by atoms with Crippen LogP contribution >= 0.6 is 0 Å². The summed E-state index contributed by atoms with van der Waals surface area (Å²) in [5.41, 5.74) is 1.14. The van der Waals surface area contributed by atoms with Crippen molar-refractivity contribution in [2.75, 3.05) is 11.9 Å². The molecular weight excluding hydrogens is 214 g/mol. The second kappa shape index (κ2) is 5.39. The van der Waals surface area contributed by atoms with Gasteiger partial charge in [-0.25, -0.2) is 0 Å². The third-order valence-electron chi connectivity index (χ3n) is 2.45. The summed E-state index contributed by atoms with van der Waals surface area (Å²) >= 11 is 0. The first-order valence-corrected chi connectivity index (χ1v) is 5.74. The van der Waals surface area contributed by atoms with Crippen LogP contribution in [0, 0.1) is 0 Å². The first-order chi connectivity index (χ1) is 8.29. The molecule has 4 heteroatoms. The molecule has 1 aromatic carbocycles. The van der Waals surface area contributed by atoms with Crippen LogP contribution in [0.4, 0.5) is 5.82 Å². The van der Waals surface area contributed by atoms with E-state index in [0.717, 1.165) is 17.1 Å². The van der Waals surface area contributed by atoms with E-state index in [0.29, 0.717) is 13.2 Å². The van der Waals surface area contributed by atoms with E-state index in [-0.39, 0.29) is 0 Å². The van der Waals surface area contributed by atoms with E-state index in [4.69, 9.17) is 4.74 Å². The molecule has 0 atom stereocenters. The number of para-hydroxylation sites is 1. The molecule has 0 saturated carbocycles. The fraction of sp³-hybridized carbons (Fsp3) is 0.308. The van der Waals surface area contributed by atoms with Crippen LogP contribution in [0.2, 0.25) is 0 Å². The van der Waals surface area contributed by atoms with Gasteiger partial charge in [-0.05, 0) is 13.0 Å². The van der Waals surface area contributed by atoms with Gasteiger partial charge in [0.05, 0.1) is 6.61 Å². The number of anilines is 1. The number of nitrogens with one attached hydrogen (secondary N) is 1. The number of ether oxygens (including phenoxy) is 1. The van der Waals surface area contributed by atoms with Gasteiger partial charge in [-0.1, -0.05) is 18.2 Å². The van der Waals surface area contributed by atoms with E-state index in [1.165, 1.54) is 0 Å². The first kappa shape index (κ1) is 11.5. The second-order valence-corrected chi connectivity index (χ2v) is 3.77. The molecule has 1 heterocycles. The van der Waals surface area contributed by atoms with E-state index in [1.54, 1.807) is 4.68 Å². The van der Waals surface area contributed by atoms with Crippen molar-refractivity contribution in [3.63, 3.8) is 0 Å². The normalized spacial score (nSPS) is 10.2. The molecule has 2 aromatic rings. The Morgan fingerprint density at radius 3 is 2.82 bits per heavy atom. The van der Waals surface area contributed by atoms with Crippen LogP contribution in [-0.2, 0) is 13.6 Å². The Morgan fingerprint density at radius 2 is 2.12 bits per heavy atom. The fourth-order valence-corrected chi connectivity index (χ4v) is 1.64. The maximum absolute atomic E-state index is 5.57. The molecule has 0 aliphatic rings. The highest BCUT2D eigenvalue weighted by atomic mass is 16.5. The SMILES string of the molecule is CCOc1ccccc1CNc1ccn(C)n1. The first-order valence-electron chi connectivity index (χ1n) is 5.74. The monoisotopic (exact) mass is 231 g/mol. The molecular formula is C13H17N3O. The van der Waals surface area contributed by atoms with Crippen molar-refractivity contribution >= 4 is 5.82 Å². The summed E-state index contributed by atoms with van der Waals surface area (Å²) in [7, 11) is 1.90. The molecule has 1 aromatic heterocycles. The fourth-order valence-electron chi connectivity index (χ4n) is 1.64. The van der Waals surface area contributed by atoms with Crippen molar-refractivity contribution in [3.8, 4) is 5.75 Å². The molecule has 0 aliphatic heterocycles. The number of hydrogen-bond donors (Lipinski definition) is 1. The zero-order valence-corrected chi connectivity index (χ0v) is 10.2. The molecule has 1 N–H and O–H groups in total. The summed E-state index contributed by atoms with van der Waals surface area (Å²) in [4.78, 5) is 0. The van der Waals surface area contributed by atoms with E-state index >= 15 is 0 Å². The van der Waals surface area contributed by atoms with Gasteiger partial charge in [0.1, 0.15) is 11.6 Å². The lowest BCUT2D eigenvalue weighted by Crippen LogP contribution is -2.03. The topological polar surface area (TPSA) is 39.1 Å². The zero-order chi connectivity index (χ0) is 12.1. The van der Waals surface area contributed by atoms with E-state index < -0.39 is 0 Å². The number of hydrogen-bond acceptors (Lipinski definition) is 3. The van der Waals surface area contributed by atoms with Crippen LogP contribution in [-0.4, -0.2) is 16.4 Å². The highest BCUT2D eigenvalue weighted by Gasteiger charge is 2.02. The number of aryl methyl sites for hydroxylation is 1. The van der Waals surface area contributed by atoms with Gasteiger partial charge < -0.3 is 10.1 Å². The average molecular weight is 231 g/mol.